The number of nitrogens with zero attached hydrogens (tertiary/aromatic N) is 1. The maximum atomic E-state index is 10.6. The molecule has 0 fully saturated rings. The van der Waals surface area contributed by atoms with Crippen LogP contribution in [0.4, 0.5) is 0 Å². The van der Waals surface area contributed by atoms with Crippen molar-refractivity contribution in [3.8, 4) is 0 Å². The molecule has 1 unspecified atom stereocenters. The van der Waals surface area contributed by atoms with Crippen LogP contribution in [0.15, 0.2) is 22.8 Å². The van der Waals surface area contributed by atoms with Crippen LogP contribution in [0.1, 0.15) is 26.0 Å². The van der Waals surface area contributed by atoms with E-state index >= 15 is 0 Å². The van der Waals surface area contributed by atoms with Gasteiger partial charge in [-0.05, 0) is 25.6 Å². The first-order chi connectivity index (χ1) is 7.13. The van der Waals surface area contributed by atoms with Gasteiger partial charge in [-0.3, -0.25) is 9.69 Å². The molecule has 1 rings (SSSR count). The first-order valence-corrected chi connectivity index (χ1v) is 5.11. The van der Waals surface area contributed by atoms with E-state index in [9.17, 15) is 4.79 Å². The van der Waals surface area contributed by atoms with E-state index in [-0.39, 0.29) is 12.5 Å². The van der Waals surface area contributed by atoms with Crippen molar-refractivity contribution in [2.45, 2.75) is 32.9 Å². The van der Waals surface area contributed by atoms with Crippen LogP contribution in [-0.2, 0) is 11.3 Å². The van der Waals surface area contributed by atoms with Gasteiger partial charge in [-0.2, -0.15) is 0 Å². The average molecular weight is 211 g/mol. The van der Waals surface area contributed by atoms with Crippen LogP contribution in [0.3, 0.4) is 0 Å². The fraction of sp³-hybridized carbons (Fsp3) is 0.545. The van der Waals surface area contributed by atoms with E-state index in [1.54, 1.807) is 6.26 Å². The van der Waals surface area contributed by atoms with Crippen molar-refractivity contribution in [2.24, 2.45) is 0 Å². The monoisotopic (exact) mass is 211 g/mol. The zero-order valence-corrected chi connectivity index (χ0v) is 9.14. The molecule has 1 N–H and O–H groups in total. The van der Waals surface area contributed by atoms with Crippen LogP contribution in [0.5, 0.6) is 0 Å². The number of rotatable bonds is 6. The summed E-state index contributed by atoms with van der Waals surface area (Å²) in [7, 11) is 0. The lowest BCUT2D eigenvalue weighted by Gasteiger charge is -2.25. The molecule has 0 radical (unpaired) electrons. The summed E-state index contributed by atoms with van der Waals surface area (Å²) in [4.78, 5) is 12.7. The van der Waals surface area contributed by atoms with E-state index in [2.05, 4.69) is 4.90 Å². The van der Waals surface area contributed by atoms with Gasteiger partial charge in [0.15, 0.2) is 0 Å². The third-order valence-corrected chi connectivity index (χ3v) is 2.44. The summed E-state index contributed by atoms with van der Waals surface area (Å²) in [5.74, 6) is 0.106. The molecule has 0 aliphatic carbocycles. The summed E-state index contributed by atoms with van der Waals surface area (Å²) in [6.07, 6.45) is 1.79. The number of hydrogen-bond acceptors (Lipinski definition) is 3. The summed E-state index contributed by atoms with van der Waals surface area (Å²) >= 11 is 0. The highest BCUT2D eigenvalue weighted by atomic mass is 16.4. The van der Waals surface area contributed by atoms with E-state index in [4.69, 9.17) is 9.52 Å². The topological polar surface area (TPSA) is 53.7 Å². The molecule has 1 aromatic rings. The Morgan fingerprint density at radius 3 is 2.87 bits per heavy atom. The molecule has 4 nitrogen and oxygen atoms in total. The number of carboxylic acids is 1. The third kappa shape index (κ3) is 3.75. The van der Waals surface area contributed by atoms with Crippen LogP contribution in [-0.4, -0.2) is 28.6 Å². The second-order valence-corrected chi connectivity index (χ2v) is 3.59. The van der Waals surface area contributed by atoms with Gasteiger partial charge in [0.25, 0.3) is 0 Å². The SMILES string of the molecule is CCN(Cc1ccco1)C(C)CC(=O)O. The Labute approximate surface area is 89.5 Å². The molecule has 1 aromatic heterocycles. The van der Waals surface area contributed by atoms with E-state index in [0.717, 1.165) is 12.3 Å². The Morgan fingerprint density at radius 2 is 2.40 bits per heavy atom. The van der Waals surface area contributed by atoms with Crippen LogP contribution in [0.25, 0.3) is 0 Å². The summed E-state index contributed by atoms with van der Waals surface area (Å²) in [6.45, 7) is 5.41. The number of carboxylic acid groups (broad SMARTS) is 1. The van der Waals surface area contributed by atoms with Crippen molar-refractivity contribution in [1.82, 2.24) is 4.90 Å². The lowest BCUT2D eigenvalue weighted by molar-refractivity contribution is -0.138. The molecule has 0 spiro atoms. The fourth-order valence-electron chi connectivity index (χ4n) is 1.56. The van der Waals surface area contributed by atoms with Gasteiger partial charge in [-0.25, -0.2) is 0 Å². The highest BCUT2D eigenvalue weighted by molar-refractivity contribution is 5.67. The number of hydrogen-bond donors (Lipinski definition) is 1. The number of furan rings is 1. The molecule has 0 aliphatic heterocycles. The van der Waals surface area contributed by atoms with E-state index in [1.165, 1.54) is 0 Å². The van der Waals surface area contributed by atoms with Crippen LogP contribution in [0, 0.1) is 0 Å². The second-order valence-electron chi connectivity index (χ2n) is 3.59. The normalized spacial score (nSPS) is 13.0. The zero-order chi connectivity index (χ0) is 11.3. The molecule has 0 amide bonds. The van der Waals surface area contributed by atoms with E-state index in [0.29, 0.717) is 6.54 Å². The van der Waals surface area contributed by atoms with Crippen LogP contribution >= 0.6 is 0 Å². The molecule has 15 heavy (non-hydrogen) atoms. The van der Waals surface area contributed by atoms with Gasteiger partial charge >= 0.3 is 5.97 Å². The van der Waals surface area contributed by atoms with Gasteiger partial charge in [0.1, 0.15) is 5.76 Å². The van der Waals surface area contributed by atoms with Gasteiger partial charge in [0, 0.05) is 6.04 Å². The summed E-state index contributed by atoms with van der Waals surface area (Å²) in [5, 5.41) is 8.70. The minimum atomic E-state index is -0.764. The Balaban J connectivity index is 2.51. The molecule has 0 saturated heterocycles. The van der Waals surface area contributed by atoms with Crippen molar-refractivity contribution >= 4 is 5.97 Å². The highest BCUT2D eigenvalue weighted by Gasteiger charge is 2.16. The van der Waals surface area contributed by atoms with E-state index < -0.39 is 5.97 Å². The molecular formula is C11H17NO3. The number of carbonyl (C=O) groups is 1. The minimum absolute atomic E-state index is 0.0256. The molecular weight excluding hydrogens is 194 g/mol. The smallest absolute Gasteiger partial charge is 0.304 e. The molecule has 0 bridgehead atoms. The lowest BCUT2D eigenvalue weighted by atomic mass is 10.2. The first kappa shape index (κ1) is 11.8. The van der Waals surface area contributed by atoms with Gasteiger partial charge in [-0.15, -0.1) is 0 Å². The van der Waals surface area contributed by atoms with Crippen LogP contribution < -0.4 is 0 Å². The Morgan fingerprint density at radius 1 is 1.67 bits per heavy atom. The maximum absolute atomic E-state index is 10.6. The zero-order valence-electron chi connectivity index (χ0n) is 9.14. The molecule has 4 heteroatoms. The summed E-state index contributed by atoms with van der Waals surface area (Å²) in [6, 6.07) is 3.76. The summed E-state index contributed by atoms with van der Waals surface area (Å²) in [5.41, 5.74) is 0. The maximum Gasteiger partial charge on any atom is 0.304 e. The van der Waals surface area contributed by atoms with Crippen molar-refractivity contribution in [2.75, 3.05) is 6.54 Å². The molecule has 0 aliphatic rings. The van der Waals surface area contributed by atoms with Gasteiger partial charge in [0.05, 0.1) is 19.2 Å². The quantitative estimate of drug-likeness (QED) is 0.781. The number of aliphatic carboxylic acids is 1. The lowest BCUT2D eigenvalue weighted by Crippen LogP contribution is -2.33. The summed E-state index contributed by atoms with van der Waals surface area (Å²) < 4.78 is 5.23. The fourth-order valence-corrected chi connectivity index (χ4v) is 1.56. The molecule has 1 atom stereocenters. The highest BCUT2D eigenvalue weighted by Crippen LogP contribution is 2.10. The predicted octanol–water partition coefficient (Wildman–Crippen LogP) is 1.96. The van der Waals surface area contributed by atoms with Crippen molar-refractivity contribution in [1.29, 1.82) is 0 Å². The third-order valence-electron chi connectivity index (χ3n) is 2.44. The Kier molecular flexibility index (Phi) is 4.37. The van der Waals surface area contributed by atoms with Crippen LogP contribution in [0.2, 0.25) is 0 Å². The van der Waals surface area contributed by atoms with Gasteiger partial charge in [-0.1, -0.05) is 6.92 Å². The van der Waals surface area contributed by atoms with Crippen molar-refractivity contribution in [3.63, 3.8) is 0 Å². The molecule has 0 aromatic carbocycles. The van der Waals surface area contributed by atoms with E-state index in [1.807, 2.05) is 26.0 Å². The van der Waals surface area contributed by atoms with Gasteiger partial charge < -0.3 is 9.52 Å². The second kappa shape index (κ2) is 5.56. The predicted molar refractivity (Wildman–Crippen MR) is 56.5 cm³/mol. The minimum Gasteiger partial charge on any atom is -0.481 e. The standard InChI is InChI=1S/C11H17NO3/c1-3-12(9(2)7-11(13)14)8-10-5-4-6-15-10/h4-6,9H,3,7-8H2,1-2H3,(H,13,14). The Hall–Kier alpha value is -1.29. The Bertz CT molecular complexity index is 295. The molecule has 1 heterocycles. The average Bonchev–Trinajstić information content (AvgIpc) is 2.65. The van der Waals surface area contributed by atoms with Crippen molar-refractivity contribution in [3.05, 3.63) is 24.2 Å². The largest absolute Gasteiger partial charge is 0.481 e. The van der Waals surface area contributed by atoms with Gasteiger partial charge in [0.2, 0.25) is 0 Å². The molecule has 84 valence electrons. The molecule has 0 saturated carbocycles. The van der Waals surface area contributed by atoms with Crippen molar-refractivity contribution < 1.29 is 14.3 Å². The first-order valence-electron chi connectivity index (χ1n) is 5.11.